The Balaban J connectivity index is 0.000000557. The SMILES string of the molecule is CC(C)O.CCCOc1cccc(B(O)O)c1. The average Bonchev–Trinajstić information content (AvgIpc) is 2.26. The summed E-state index contributed by atoms with van der Waals surface area (Å²) >= 11 is 0. The lowest BCUT2D eigenvalue weighted by atomic mass is 9.80. The van der Waals surface area contributed by atoms with Crippen molar-refractivity contribution in [3.8, 4) is 5.75 Å². The van der Waals surface area contributed by atoms with Gasteiger partial charge in [0.25, 0.3) is 0 Å². The summed E-state index contributed by atoms with van der Waals surface area (Å²) in [5.41, 5.74) is 0.452. The van der Waals surface area contributed by atoms with Crippen molar-refractivity contribution in [2.45, 2.75) is 33.3 Å². The fourth-order valence-electron chi connectivity index (χ4n) is 0.985. The lowest BCUT2D eigenvalue weighted by Crippen LogP contribution is -2.29. The summed E-state index contributed by atoms with van der Waals surface area (Å²) in [5.74, 6) is 0.674. The Kier molecular flexibility index (Phi) is 8.49. The molecule has 1 rings (SSSR count). The highest BCUT2D eigenvalue weighted by Gasteiger charge is 2.10. The summed E-state index contributed by atoms with van der Waals surface area (Å²) in [4.78, 5) is 0. The first-order valence-corrected chi connectivity index (χ1v) is 5.74. The summed E-state index contributed by atoms with van der Waals surface area (Å²) in [5, 5.41) is 25.8. The zero-order valence-corrected chi connectivity index (χ0v) is 10.6. The van der Waals surface area contributed by atoms with E-state index in [4.69, 9.17) is 19.9 Å². The Morgan fingerprint density at radius 2 is 1.88 bits per heavy atom. The monoisotopic (exact) mass is 240 g/mol. The van der Waals surface area contributed by atoms with Gasteiger partial charge in [0.15, 0.2) is 0 Å². The van der Waals surface area contributed by atoms with Crippen molar-refractivity contribution in [2.75, 3.05) is 6.61 Å². The first-order chi connectivity index (χ1) is 7.97. The Morgan fingerprint density at radius 3 is 2.35 bits per heavy atom. The third-order valence-corrected chi connectivity index (χ3v) is 1.63. The molecule has 0 unspecified atom stereocenters. The molecule has 96 valence electrons. The molecular formula is C12H21BO4. The minimum atomic E-state index is -1.43. The zero-order valence-electron chi connectivity index (χ0n) is 10.6. The van der Waals surface area contributed by atoms with E-state index < -0.39 is 7.12 Å². The normalized spacial score (nSPS) is 9.59. The second kappa shape index (κ2) is 9.04. The minimum absolute atomic E-state index is 0.167. The molecule has 0 heterocycles. The minimum Gasteiger partial charge on any atom is -0.494 e. The van der Waals surface area contributed by atoms with Gasteiger partial charge in [-0.15, -0.1) is 0 Å². The standard InChI is InChI=1S/C9H13BO3.C3H8O/c1-2-6-13-9-5-3-4-8(7-9)10(11)12;1-3(2)4/h3-5,7,11-12H,2,6H2,1H3;3-4H,1-2H3. The summed E-state index contributed by atoms with van der Waals surface area (Å²) in [7, 11) is -1.43. The van der Waals surface area contributed by atoms with Crippen molar-refractivity contribution < 1.29 is 19.9 Å². The molecule has 1 aromatic rings. The number of ether oxygens (including phenoxy) is 1. The van der Waals surface area contributed by atoms with Crippen molar-refractivity contribution in [1.29, 1.82) is 0 Å². The van der Waals surface area contributed by atoms with Gasteiger partial charge in [-0.1, -0.05) is 19.1 Å². The maximum absolute atomic E-state index is 8.87. The number of hydrogen-bond acceptors (Lipinski definition) is 4. The number of aliphatic hydroxyl groups is 1. The lowest BCUT2D eigenvalue weighted by molar-refractivity contribution is 0.216. The molecule has 5 heteroatoms. The molecule has 0 aromatic heterocycles. The Labute approximate surface area is 103 Å². The highest BCUT2D eigenvalue weighted by Crippen LogP contribution is 2.07. The fraction of sp³-hybridized carbons (Fsp3) is 0.500. The molecule has 0 aliphatic rings. The van der Waals surface area contributed by atoms with Crippen LogP contribution >= 0.6 is 0 Å². The highest BCUT2D eigenvalue weighted by atomic mass is 16.5. The van der Waals surface area contributed by atoms with Gasteiger partial charge in [0.1, 0.15) is 5.75 Å². The predicted molar refractivity (Wildman–Crippen MR) is 69.4 cm³/mol. The summed E-state index contributed by atoms with van der Waals surface area (Å²) in [6, 6.07) is 6.80. The molecule has 0 saturated carbocycles. The average molecular weight is 240 g/mol. The van der Waals surface area contributed by atoms with Crippen LogP contribution in [-0.4, -0.2) is 35.0 Å². The third-order valence-electron chi connectivity index (χ3n) is 1.63. The van der Waals surface area contributed by atoms with Crippen LogP contribution in [0.2, 0.25) is 0 Å². The van der Waals surface area contributed by atoms with Gasteiger partial charge in [-0.2, -0.15) is 0 Å². The summed E-state index contributed by atoms with van der Waals surface area (Å²) in [6.07, 6.45) is 0.770. The van der Waals surface area contributed by atoms with Crippen LogP contribution in [0.3, 0.4) is 0 Å². The maximum atomic E-state index is 8.87. The van der Waals surface area contributed by atoms with E-state index in [0.717, 1.165) is 6.42 Å². The van der Waals surface area contributed by atoms with E-state index in [2.05, 4.69) is 0 Å². The molecule has 17 heavy (non-hydrogen) atoms. The molecule has 0 bridgehead atoms. The molecule has 0 aliphatic carbocycles. The van der Waals surface area contributed by atoms with Crippen LogP contribution in [0.15, 0.2) is 24.3 Å². The quantitative estimate of drug-likeness (QED) is 0.672. The molecule has 0 radical (unpaired) electrons. The van der Waals surface area contributed by atoms with Gasteiger partial charge < -0.3 is 19.9 Å². The van der Waals surface area contributed by atoms with E-state index in [1.54, 1.807) is 38.1 Å². The molecule has 1 aromatic carbocycles. The van der Waals surface area contributed by atoms with E-state index in [9.17, 15) is 0 Å². The highest BCUT2D eigenvalue weighted by molar-refractivity contribution is 6.58. The van der Waals surface area contributed by atoms with Gasteiger partial charge in [0, 0.05) is 6.10 Å². The Bertz CT molecular complexity index is 300. The molecule has 3 N–H and O–H groups in total. The second-order valence-corrected chi connectivity index (χ2v) is 3.89. The van der Waals surface area contributed by atoms with E-state index >= 15 is 0 Å². The predicted octanol–water partition coefficient (Wildman–Crippen LogP) is 0.542. The molecular weight excluding hydrogens is 219 g/mol. The Hall–Kier alpha value is -1.04. The topological polar surface area (TPSA) is 69.9 Å². The summed E-state index contributed by atoms with van der Waals surface area (Å²) < 4.78 is 5.32. The lowest BCUT2D eigenvalue weighted by Gasteiger charge is -2.05. The molecule has 4 nitrogen and oxygen atoms in total. The van der Waals surface area contributed by atoms with Gasteiger partial charge in [0.05, 0.1) is 6.61 Å². The van der Waals surface area contributed by atoms with Crippen LogP contribution in [0.25, 0.3) is 0 Å². The molecule has 0 atom stereocenters. The van der Waals surface area contributed by atoms with E-state index in [1.165, 1.54) is 0 Å². The van der Waals surface area contributed by atoms with Crippen molar-refractivity contribution in [2.24, 2.45) is 0 Å². The van der Waals surface area contributed by atoms with Crippen molar-refractivity contribution in [3.05, 3.63) is 24.3 Å². The first-order valence-electron chi connectivity index (χ1n) is 5.74. The maximum Gasteiger partial charge on any atom is 0.488 e. The van der Waals surface area contributed by atoms with Crippen LogP contribution in [0.5, 0.6) is 5.75 Å². The molecule has 0 spiro atoms. The van der Waals surface area contributed by atoms with Gasteiger partial charge in [0.2, 0.25) is 0 Å². The largest absolute Gasteiger partial charge is 0.494 e. The van der Waals surface area contributed by atoms with Gasteiger partial charge in [-0.05, 0) is 37.9 Å². The zero-order chi connectivity index (χ0) is 13.3. The number of hydrogen-bond donors (Lipinski definition) is 3. The van der Waals surface area contributed by atoms with Crippen LogP contribution in [-0.2, 0) is 0 Å². The molecule has 0 fully saturated rings. The third kappa shape index (κ3) is 8.74. The summed E-state index contributed by atoms with van der Waals surface area (Å²) in [6.45, 7) is 6.11. The van der Waals surface area contributed by atoms with Gasteiger partial charge >= 0.3 is 7.12 Å². The van der Waals surface area contributed by atoms with Crippen LogP contribution in [0.1, 0.15) is 27.2 Å². The van der Waals surface area contributed by atoms with Crippen LogP contribution < -0.4 is 10.2 Å². The Morgan fingerprint density at radius 1 is 1.29 bits per heavy atom. The van der Waals surface area contributed by atoms with Crippen LogP contribution in [0, 0.1) is 0 Å². The van der Waals surface area contributed by atoms with E-state index in [-0.39, 0.29) is 6.10 Å². The molecule has 0 aliphatic heterocycles. The van der Waals surface area contributed by atoms with Crippen LogP contribution in [0.4, 0.5) is 0 Å². The van der Waals surface area contributed by atoms with Gasteiger partial charge in [-0.3, -0.25) is 0 Å². The first kappa shape index (κ1) is 16.0. The van der Waals surface area contributed by atoms with E-state index in [0.29, 0.717) is 17.8 Å². The smallest absolute Gasteiger partial charge is 0.488 e. The van der Waals surface area contributed by atoms with Crippen molar-refractivity contribution >= 4 is 12.6 Å². The number of benzene rings is 1. The molecule has 0 saturated heterocycles. The fourth-order valence-corrected chi connectivity index (χ4v) is 0.985. The molecule has 0 amide bonds. The van der Waals surface area contributed by atoms with Gasteiger partial charge in [-0.25, -0.2) is 0 Å². The van der Waals surface area contributed by atoms with Crippen molar-refractivity contribution in [1.82, 2.24) is 0 Å². The van der Waals surface area contributed by atoms with E-state index in [1.807, 2.05) is 6.92 Å². The second-order valence-electron chi connectivity index (χ2n) is 3.89. The number of aliphatic hydroxyl groups excluding tert-OH is 1. The van der Waals surface area contributed by atoms with Crippen molar-refractivity contribution in [3.63, 3.8) is 0 Å². The number of rotatable bonds is 4.